The van der Waals surface area contributed by atoms with Crippen LogP contribution in [-0.2, 0) is 6.42 Å². The molecule has 8 nitrogen and oxygen atoms in total. The summed E-state index contributed by atoms with van der Waals surface area (Å²) in [5, 5.41) is 9.81. The summed E-state index contributed by atoms with van der Waals surface area (Å²) in [7, 11) is 0. The average molecular weight is 331 g/mol. The molecule has 1 aliphatic heterocycles. The summed E-state index contributed by atoms with van der Waals surface area (Å²) in [5.41, 5.74) is 10.0. The molecule has 0 amide bonds. The third kappa shape index (κ3) is 1.89. The van der Waals surface area contributed by atoms with E-state index >= 15 is 0 Å². The third-order valence-corrected chi connectivity index (χ3v) is 4.40. The van der Waals surface area contributed by atoms with Crippen molar-refractivity contribution in [2.75, 3.05) is 10.9 Å². The molecule has 122 valence electrons. The zero-order valence-electron chi connectivity index (χ0n) is 13.0. The molecular formula is C17H13N7O. The first-order valence-corrected chi connectivity index (χ1v) is 7.78. The van der Waals surface area contributed by atoms with Crippen LogP contribution in [0.5, 0.6) is 0 Å². The first kappa shape index (κ1) is 13.6. The lowest BCUT2D eigenvalue weighted by molar-refractivity contribution is 0.996. The number of hydrogen-bond donors (Lipinski definition) is 5. The Labute approximate surface area is 141 Å². The molecule has 1 aliphatic rings. The Bertz CT molecular complexity index is 1210. The van der Waals surface area contributed by atoms with Gasteiger partial charge < -0.3 is 9.97 Å². The van der Waals surface area contributed by atoms with E-state index in [0.717, 1.165) is 39.4 Å². The lowest BCUT2D eigenvalue weighted by Crippen LogP contribution is -2.16. The van der Waals surface area contributed by atoms with Crippen molar-refractivity contribution in [2.24, 2.45) is 0 Å². The second-order valence-corrected chi connectivity index (χ2v) is 5.91. The second kappa shape index (κ2) is 4.82. The highest BCUT2D eigenvalue weighted by molar-refractivity contribution is 5.88. The third-order valence-electron chi connectivity index (χ3n) is 4.40. The van der Waals surface area contributed by atoms with E-state index in [1.165, 1.54) is 0 Å². The van der Waals surface area contributed by atoms with Gasteiger partial charge in [-0.15, -0.1) is 0 Å². The first-order chi connectivity index (χ1) is 12.2. The topological polar surface area (TPSA) is 117 Å². The molecule has 1 aromatic carbocycles. The van der Waals surface area contributed by atoms with Gasteiger partial charge in [0, 0.05) is 28.4 Å². The molecule has 4 aromatic rings. The summed E-state index contributed by atoms with van der Waals surface area (Å²) in [5.74, 6) is 1.43. The Morgan fingerprint density at radius 3 is 2.84 bits per heavy atom. The highest BCUT2D eigenvalue weighted by Gasteiger charge is 2.24. The van der Waals surface area contributed by atoms with E-state index in [4.69, 9.17) is 5.26 Å². The number of imidazole rings is 1. The fraction of sp³-hybridized carbons (Fsp3) is 0.0588. The summed E-state index contributed by atoms with van der Waals surface area (Å²) in [6.07, 6.45) is 2.14. The Morgan fingerprint density at radius 2 is 1.96 bits per heavy atom. The molecule has 0 unspecified atom stereocenters. The maximum Gasteiger partial charge on any atom is 0.332 e. The smallest absolute Gasteiger partial charge is 0.332 e. The maximum atomic E-state index is 12.6. The number of fused-ring (bicyclic) bond motifs is 4. The van der Waals surface area contributed by atoms with Crippen molar-refractivity contribution in [1.82, 2.24) is 19.5 Å². The molecule has 0 spiro atoms. The zero-order chi connectivity index (χ0) is 17.0. The summed E-state index contributed by atoms with van der Waals surface area (Å²) < 4.78 is 1.65. The van der Waals surface area contributed by atoms with Gasteiger partial charge in [0.05, 0.1) is 18.2 Å². The number of hydrogen-bond acceptors (Lipinski definition) is 4. The van der Waals surface area contributed by atoms with Crippen molar-refractivity contribution in [3.63, 3.8) is 0 Å². The molecule has 3 aromatic heterocycles. The van der Waals surface area contributed by atoms with Crippen molar-refractivity contribution in [3.05, 3.63) is 52.7 Å². The van der Waals surface area contributed by atoms with Gasteiger partial charge in [0.15, 0.2) is 5.82 Å². The molecule has 0 saturated heterocycles. The molecule has 0 aliphatic carbocycles. The number of hydrazine groups is 1. The predicted octanol–water partition coefficient (Wildman–Crippen LogP) is 2.46. The summed E-state index contributed by atoms with van der Waals surface area (Å²) in [4.78, 5) is 21.7. The van der Waals surface area contributed by atoms with Gasteiger partial charge in [0.1, 0.15) is 11.5 Å². The average Bonchev–Trinajstić information content (AvgIpc) is 3.28. The standard InChI is InChI=1S/C17H13N7O/c18-5-3-10-7-9-8-11(1-2-13(9)20-10)24-14-12-4-6-19-15(12)22-23-16(14)21-17(24)25/h1-2,4,6-8,19-20,22-23H,3H2,(H,21,25). The van der Waals surface area contributed by atoms with Crippen LogP contribution in [0.25, 0.3) is 27.8 Å². The van der Waals surface area contributed by atoms with Crippen LogP contribution in [0.3, 0.4) is 0 Å². The minimum Gasteiger partial charge on any atom is -0.358 e. The number of aromatic amines is 3. The van der Waals surface area contributed by atoms with Gasteiger partial charge in [0.25, 0.3) is 0 Å². The van der Waals surface area contributed by atoms with Crippen LogP contribution in [0.2, 0.25) is 0 Å². The van der Waals surface area contributed by atoms with Gasteiger partial charge in [-0.2, -0.15) is 5.26 Å². The van der Waals surface area contributed by atoms with Crippen LogP contribution >= 0.6 is 0 Å². The van der Waals surface area contributed by atoms with Crippen LogP contribution in [-0.4, -0.2) is 19.5 Å². The van der Waals surface area contributed by atoms with Gasteiger partial charge in [-0.25, -0.2) is 4.79 Å². The zero-order valence-corrected chi connectivity index (χ0v) is 13.0. The van der Waals surface area contributed by atoms with Gasteiger partial charge in [0.2, 0.25) is 0 Å². The van der Waals surface area contributed by atoms with Crippen LogP contribution in [0, 0.1) is 11.3 Å². The Hall–Kier alpha value is -3.86. The van der Waals surface area contributed by atoms with Crippen molar-refractivity contribution >= 4 is 22.5 Å². The van der Waals surface area contributed by atoms with E-state index in [9.17, 15) is 4.79 Å². The lowest BCUT2D eigenvalue weighted by Gasteiger charge is -2.18. The number of nitrogens with one attached hydrogen (secondary N) is 5. The van der Waals surface area contributed by atoms with E-state index in [0.29, 0.717) is 12.2 Å². The number of H-pyrrole nitrogens is 3. The fourth-order valence-corrected chi connectivity index (χ4v) is 3.32. The van der Waals surface area contributed by atoms with Gasteiger partial charge >= 0.3 is 5.69 Å². The van der Waals surface area contributed by atoms with Crippen LogP contribution in [0.1, 0.15) is 5.69 Å². The number of benzene rings is 1. The Morgan fingerprint density at radius 1 is 1.08 bits per heavy atom. The van der Waals surface area contributed by atoms with Crippen molar-refractivity contribution in [1.29, 1.82) is 5.26 Å². The molecule has 25 heavy (non-hydrogen) atoms. The quantitative estimate of drug-likeness (QED) is 0.388. The van der Waals surface area contributed by atoms with Crippen molar-refractivity contribution in [2.45, 2.75) is 6.42 Å². The Kier molecular flexibility index (Phi) is 2.61. The molecular weight excluding hydrogens is 318 g/mol. The van der Waals surface area contributed by atoms with Crippen molar-refractivity contribution in [3.8, 4) is 23.0 Å². The molecule has 0 bridgehead atoms. The second-order valence-electron chi connectivity index (χ2n) is 5.91. The van der Waals surface area contributed by atoms with E-state index in [1.54, 1.807) is 4.57 Å². The number of aromatic nitrogens is 4. The number of anilines is 2. The monoisotopic (exact) mass is 331 g/mol. The minimum absolute atomic E-state index is 0.222. The number of nitriles is 1. The molecule has 5 N–H and O–H groups in total. The molecule has 0 atom stereocenters. The first-order valence-electron chi connectivity index (χ1n) is 7.78. The van der Waals surface area contributed by atoms with Gasteiger partial charge in [-0.1, -0.05) is 0 Å². The number of rotatable bonds is 2. The van der Waals surface area contributed by atoms with Gasteiger partial charge in [-0.05, 0) is 30.3 Å². The SMILES string of the molecule is N#CCc1cc2cc(-n3c4c([nH]c3=O)NNc3[nH]ccc3-4)ccc2[nH]1. The van der Waals surface area contributed by atoms with E-state index in [-0.39, 0.29) is 5.69 Å². The fourth-order valence-electron chi connectivity index (χ4n) is 3.32. The van der Waals surface area contributed by atoms with Crippen LogP contribution in [0.15, 0.2) is 41.3 Å². The molecule has 0 saturated carbocycles. The molecule has 8 heteroatoms. The van der Waals surface area contributed by atoms with Gasteiger partial charge in [-0.3, -0.25) is 20.4 Å². The predicted molar refractivity (Wildman–Crippen MR) is 94.6 cm³/mol. The van der Waals surface area contributed by atoms with E-state index in [2.05, 4.69) is 31.9 Å². The van der Waals surface area contributed by atoms with E-state index in [1.807, 2.05) is 36.5 Å². The number of nitrogens with zero attached hydrogens (tertiary/aromatic N) is 2. The molecule has 0 radical (unpaired) electrons. The molecule has 5 rings (SSSR count). The van der Waals surface area contributed by atoms with Crippen molar-refractivity contribution < 1.29 is 0 Å². The summed E-state index contributed by atoms with van der Waals surface area (Å²) in [6, 6.07) is 11.7. The van der Waals surface area contributed by atoms with E-state index < -0.39 is 0 Å². The molecule has 4 heterocycles. The molecule has 0 fully saturated rings. The summed E-state index contributed by atoms with van der Waals surface area (Å²) in [6.45, 7) is 0. The summed E-state index contributed by atoms with van der Waals surface area (Å²) >= 11 is 0. The highest BCUT2D eigenvalue weighted by atomic mass is 16.1. The normalized spacial score (nSPS) is 12.1. The highest BCUT2D eigenvalue weighted by Crippen LogP contribution is 2.36. The van der Waals surface area contributed by atoms with Crippen LogP contribution in [0.4, 0.5) is 11.6 Å². The lowest BCUT2D eigenvalue weighted by atomic mass is 10.1. The largest absolute Gasteiger partial charge is 0.358 e. The van der Waals surface area contributed by atoms with Crippen LogP contribution < -0.4 is 16.5 Å². The maximum absolute atomic E-state index is 12.6. The minimum atomic E-state index is -0.222. The Balaban J connectivity index is 1.73.